The van der Waals surface area contributed by atoms with Gasteiger partial charge in [0.1, 0.15) is 0 Å². The molecule has 82 valence electrons. The van der Waals surface area contributed by atoms with Gasteiger partial charge in [-0.15, -0.1) is 0 Å². The summed E-state index contributed by atoms with van der Waals surface area (Å²) < 4.78 is 10.0. The minimum Gasteiger partial charge on any atom is -0.491 e. The van der Waals surface area contributed by atoms with Crippen molar-refractivity contribution in [3.05, 3.63) is 17.8 Å². The van der Waals surface area contributed by atoms with Gasteiger partial charge in [-0.1, -0.05) is 0 Å². The van der Waals surface area contributed by atoms with Gasteiger partial charge in [0.2, 0.25) is 0 Å². The lowest BCUT2D eigenvalue weighted by Crippen LogP contribution is -2.01. The minimum atomic E-state index is -0.841. The maximum atomic E-state index is 10.4. The van der Waals surface area contributed by atoms with Crippen LogP contribution in [-0.4, -0.2) is 30.3 Å². The highest BCUT2D eigenvalue weighted by Gasteiger charge is 2.07. The Morgan fingerprint density at radius 1 is 1.40 bits per heavy atom. The fraction of sp³-hybridized carbons (Fsp3) is 0.400. The third-order valence-corrected chi connectivity index (χ3v) is 1.89. The van der Waals surface area contributed by atoms with Gasteiger partial charge in [0.15, 0.2) is 5.75 Å². The van der Waals surface area contributed by atoms with E-state index >= 15 is 0 Å². The number of carboxylic acids is 1. The molecule has 0 radical (unpaired) electrons. The van der Waals surface area contributed by atoms with Crippen molar-refractivity contribution in [2.45, 2.75) is 12.8 Å². The average Bonchev–Trinajstić information content (AvgIpc) is 2.25. The summed E-state index contributed by atoms with van der Waals surface area (Å²) in [5.74, 6) is 0.0727. The molecule has 0 aromatic carbocycles. The third kappa shape index (κ3) is 3.12. The first-order valence-corrected chi connectivity index (χ1v) is 4.47. The SMILES string of the molecule is COc1ccc(CCC(=O)O)nc1OC. The van der Waals surface area contributed by atoms with E-state index in [0.29, 0.717) is 23.7 Å². The van der Waals surface area contributed by atoms with Crippen molar-refractivity contribution in [1.29, 1.82) is 0 Å². The molecule has 0 aliphatic rings. The molecule has 0 unspecified atom stereocenters. The van der Waals surface area contributed by atoms with Crippen LogP contribution in [0.15, 0.2) is 12.1 Å². The molecule has 0 bridgehead atoms. The first kappa shape index (κ1) is 11.3. The van der Waals surface area contributed by atoms with Crippen molar-refractivity contribution in [2.24, 2.45) is 0 Å². The Kier molecular flexibility index (Phi) is 3.91. The van der Waals surface area contributed by atoms with Crippen LogP contribution >= 0.6 is 0 Å². The average molecular weight is 211 g/mol. The van der Waals surface area contributed by atoms with Gasteiger partial charge in [0, 0.05) is 12.1 Å². The zero-order chi connectivity index (χ0) is 11.3. The molecule has 0 atom stereocenters. The Bertz CT molecular complexity index is 351. The van der Waals surface area contributed by atoms with Crippen LogP contribution < -0.4 is 9.47 Å². The topological polar surface area (TPSA) is 68.7 Å². The summed E-state index contributed by atoms with van der Waals surface area (Å²) in [4.78, 5) is 14.5. The molecule has 1 aromatic rings. The molecule has 0 spiro atoms. The number of aryl methyl sites for hydroxylation is 1. The summed E-state index contributed by atoms with van der Waals surface area (Å²) in [5, 5.41) is 8.52. The molecule has 0 fully saturated rings. The molecular formula is C10H13NO4. The predicted octanol–water partition coefficient (Wildman–Crippen LogP) is 1.12. The number of pyridine rings is 1. The predicted molar refractivity (Wildman–Crippen MR) is 53.3 cm³/mol. The summed E-state index contributed by atoms with van der Waals surface area (Å²) >= 11 is 0. The van der Waals surface area contributed by atoms with Gasteiger partial charge >= 0.3 is 5.97 Å². The molecule has 15 heavy (non-hydrogen) atoms. The summed E-state index contributed by atoms with van der Waals surface area (Å²) in [7, 11) is 3.02. The first-order chi connectivity index (χ1) is 7.17. The second-order valence-electron chi connectivity index (χ2n) is 2.91. The number of rotatable bonds is 5. The molecule has 0 saturated carbocycles. The van der Waals surface area contributed by atoms with Gasteiger partial charge < -0.3 is 14.6 Å². The Morgan fingerprint density at radius 2 is 2.13 bits per heavy atom. The lowest BCUT2D eigenvalue weighted by molar-refractivity contribution is -0.136. The van der Waals surface area contributed by atoms with Crippen LogP contribution in [0.4, 0.5) is 0 Å². The van der Waals surface area contributed by atoms with Crippen molar-refractivity contribution in [3.63, 3.8) is 0 Å². The zero-order valence-electron chi connectivity index (χ0n) is 8.69. The fourth-order valence-corrected chi connectivity index (χ4v) is 1.14. The van der Waals surface area contributed by atoms with E-state index in [0.717, 1.165) is 0 Å². The number of aromatic nitrogens is 1. The highest BCUT2D eigenvalue weighted by atomic mass is 16.5. The van der Waals surface area contributed by atoms with E-state index < -0.39 is 5.97 Å². The molecule has 0 amide bonds. The van der Waals surface area contributed by atoms with Crippen molar-refractivity contribution in [3.8, 4) is 11.6 Å². The molecule has 0 aliphatic heterocycles. The Labute approximate surface area is 87.7 Å². The van der Waals surface area contributed by atoms with E-state index in [1.54, 1.807) is 12.1 Å². The third-order valence-electron chi connectivity index (χ3n) is 1.89. The Morgan fingerprint density at radius 3 is 2.67 bits per heavy atom. The second-order valence-corrected chi connectivity index (χ2v) is 2.91. The molecule has 1 heterocycles. The highest BCUT2D eigenvalue weighted by Crippen LogP contribution is 2.24. The van der Waals surface area contributed by atoms with Gasteiger partial charge in [0.25, 0.3) is 5.88 Å². The van der Waals surface area contributed by atoms with Crippen LogP contribution in [0.25, 0.3) is 0 Å². The molecule has 0 saturated heterocycles. The van der Waals surface area contributed by atoms with Crippen molar-refractivity contribution >= 4 is 5.97 Å². The quantitative estimate of drug-likeness (QED) is 0.790. The second kappa shape index (κ2) is 5.19. The van der Waals surface area contributed by atoms with Crippen LogP contribution in [0.2, 0.25) is 0 Å². The van der Waals surface area contributed by atoms with E-state index in [2.05, 4.69) is 4.98 Å². The Balaban J connectivity index is 2.78. The molecule has 5 nitrogen and oxygen atoms in total. The minimum absolute atomic E-state index is 0.0580. The number of carbonyl (C=O) groups is 1. The maximum absolute atomic E-state index is 10.4. The monoisotopic (exact) mass is 211 g/mol. The van der Waals surface area contributed by atoms with E-state index in [4.69, 9.17) is 14.6 Å². The van der Waals surface area contributed by atoms with Crippen molar-refractivity contribution < 1.29 is 19.4 Å². The van der Waals surface area contributed by atoms with Crippen molar-refractivity contribution in [1.82, 2.24) is 4.98 Å². The normalized spacial score (nSPS) is 9.73. The molecule has 1 rings (SSSR count). The number of aliphatic carboxylic acids is 1. The summed E-state index contributed by atoms with van der Waals surface area (Å²) in [6.07, 6.45) is 0.443. The van der Waals surface area contributed by atoms with Gasteiger partial charge in [-0.05, 0) is 12.1 Å². The maximum Gasteiger partial charge on any atom is 0.303 e. The summed E-state index contributed by atoms with van der Waals surface area (Å²) in [5.41, 5.74) is 0.676. The number of hydrogen-bond acceptors (Lipinski definition) is 4. The number of ether oxygens (including phenoxy) is 2. The fourth-order valence-electron chi connectivity index (χ4n) is 1.14. The van der Waals surface area contributed by atoms with Crippen LogP contribution in [0.1, 0.15) is 12.1 Å². The number of carboxylic acid groups (broad SMARTS) is 1. The summed E-state index contributed by atoms with van der Waals surface area (Å²) in [6.45, 7) is 0. The van der Waals surface area contributed by atoms with Gasteiger partial charge in [0.05, 0.1) is 20.6 Å². The number of nitrogens with zero attached hydrogens (tertiary/aromatic N) is 1. The van der Waals surface area contributed by atoms with Gasteiger partial charge in [-0.2, -0.15) is 0 Å². The number of hydrogen-bond donors (Lipinski definition) is 1. The largest absolute Gasteiger partial charge is 0.491 e. The lowest BCUT2D eigenvalue weighted by Gasteiger charge is -2.07. The van der Waals surface area contributed by atoms with E-state index in [9.17, 15) is 4.79 Å². The van der Waals surface area contributed by atoms with Crippen LogP contribution in [0, 0.1) is 0 Å². The molecular weight excluding hydrogens is 198 g/mol. The lowest BCUT2D eigenvalue weighted by atomic mass is 10.2. The molecule has 1 N–H and O–H groups in total. The standard InChI is InChI=1S/C10H13NO4/c1-14-8-5-3-7(4-6-9(12)13)11-10(8)15-2/h3,5H,4,6H2,1-2H3,(H,12,13). The van der Waals surface area contributed by atoms with Crippen LogP contribution in [0.5, 0.6) is 11.6 Å². The molecule has 1 aromatic heterocycles. The van der Waals surface area contributed by atoms with E-state index in [-0.39, 0.29) is 6.42 Å². The van der Waals surface area contributed by atoms with E-state index in [1.165, 1.54) is 14.2 Å². The highest BCUT2D eigenvalue weighted by molar-refractivity contribution is 5.67. The van der Waals surface area contributed by atoms with Crippen molar-refractivity contribution in [2.75, 3.05) is 14.2 Å². The van der Waals surface area contributed by atoms with Gasteiger partial charge in [-0.3, -0.25) is 4.79 Å². The summed E-state index contributed by atoms with van der Waals surface area (Å²) in [6, 6.07) is 3.44. The molecule has 0 aliphatic carbocycles. The first-order valence-electron chi connectivity index (χ1n) is 4.47. The van der Waals surface area contributed by atoms with Gasteiger partial charge in [-0.25, -0.2) is 4.98 Å². The smallest absolute Gasteiger partial charge is 0.303 e. The van der Waals surface area contributed by atoms with Crippen LogP contribution in [-0.2, 0) is 11.2 Å². The molecule has 5 heteroatoms. The number of methoxy groups -OCH3 is 2. The zero-order valence-corrected chi connectivity index (χ0v) is 8.69. The Hall–Kier alpha value is -1.78. The van der Waals surface area contributed by atoms with Crippen LogP contribution in [0.3, 0.4) is 0 Å². The van der Waals surface area contributed by atoms with E-state index in [1.807, 2.05) is 0 Å².